The Morgan fingerprint density at radius 2 is 1.84 bits per heavy atom. The van der Waals surface area contributed by atoms with Crippen molar-refractivity contribution in [1.29, 1.82) is 0 Å². The molecule has 0 aromatic heterocycles. The number of rotatable bonds is 2. The number of hydrogen-bond donors (Lipinski definition) is 0. The summed E-state index contributed by atoms with van der Waals surface area (Å²) >= 11 is 0. The molecule has 1 unspecified atom stereocenters. The van der Waals surface area contributed by atoms with Gasteiger partial charge in [0.05, 0.1) is 11.5 Å². The lowest BCUT2D eigenvalue weighted by Crippen LogP contribution is -2.58. The van der Waals surface area contributed by atoms with Crippen LogP contribution >= 0.6 is 0 Å². The molecule has 0 saturated carbocycles. The third-order valence-corrected chi connectivity index (χ3v) is 4.12. The van der Waals surface area contributed by atoms with Gasteiger partial charge < -0.3 is 14.5 Å². The van der Waals surface area contributed by atoms with E-state index in [1.807, 2.05) is 6.07 Å². The summed E-state index contributed by atoms with van der Waals surface area (Å²) in [6.07, 6.45) is 1.23. The van der Waals surface area contributed by atoms with Crippen molar-refractivity contribution < 1.29 is 4.84 Å². The van der Waals surface area contributed by atoms with Gasteiger partial charge in [0, 0.05) is 0 Å². The zero-order valence-electron chi connectivity index (χ0n) is 11.6. The summed E-state index contributed by atoms with van der Waals surface area (Å²) < 4.78 is 0. The molecule has 2 heterocycles. The third-order valence-electron chi connectivity index (χ3n) is 4.12. The average molecular weight is 257 g/mol. The van der Waals surface area contributed by atoms with E-state index in [9.17, 15) is 0 Å². The van der Waals surface area contributed by atoms with Crippen molar-refractivity contribution in [3.8, 4) is 0 Å². The van der Waals surface area contributed by atoms with E-state index in [-0.39, 0.29) is 0 Å². The normalized spacial score (nSPS) is 25.3. The lowest BCUT2D eigenvalue weighted by atomic mass is 9.55. The van der Waals surface area contributed by atoms with Crippen molar-refractivity contribution in [2.45, 2.75) is 12.2 Å². The van der Waals surface area contributed by atoms with Gasteiger partial charge in [-0.25, -0.2) is 0 Å². The molecule has 19 heavy (non-hydrogen) atoms. The van der Waals surface area contributed by atoms with E-state index in [4.69, 9.17) is 4.84 Å². The van der Waals surface area contributed by atoms with Gasteiger partial charge in [0.1, 0.15) is 6.61 Å². The van der Waals surface area contributed by atoms with Crippen LogP contribution in [0.15, 0.2) is 35.5 Å². The molecule has 5 heteroatoms. The molecule has 1 atom stereocenters. The Hall–Kier alpha value is -1.33. The van der Waals surface area contributed by atoms with Crippen LogP contribution in [0.5, 0.6) is 0 Å². The first-order chi connectivity index (χ1) is 9.27. The first kappa shape index (κ1) is 12.7. The molecule has 0 spiro atoms. The van der Waals surface area contributed by atoms with Crippen molar-refractivity contribution in [2.24, 2.45) is 5.16 Å². The summed E-state index contributed by atoms with van der Waals surface area (Å²) in [6.45, 7) is 3.36. The van der Waals surface area contributed by atoms with E-state index in [0.717, 1.165) is 18.8 Å². The summed E-state index contributed by atoms with van der Waals surface area (Å²) in [5, 5.41) is 4.29. The zero-order valence-corrected chi connectivity index (χ0v) is 11.6. The predicted molar refractivity (Wildman–Crippen MR) is 78.3 cm³/mol. The summed E-state index contributed by atoms with van der Waals surface area (Å²) in [5.74, 6) is 0.331. The van der Waals surface area contributed by atoms with Crippen LogP contribution in [0.2, 0.25) is 5.82 Å². The highest BCUT2D eigenvalue weighted by atomic mass is 16.6. The quantitative estimate of drug-likeness (QED) is 0.752. The lowest BCUT2D eigenvalue weighted by molar-refractivity contribution is 0.169. The highest BCUT2D eigenvalue weighted by molar-refractivity contribution is 6.60. The van der Waals surface area contributed by atoms with Gasteiger partial charge in [-0.05, 0) is 39.2 Å². The van der Waals surface area contributed by atoms with Crippen molar-refractivity contribution >= 4 is 12.7 Å². The lowest BCUT2D eigenvalue weighted by Gasteiger charge is -2.39. The summed E-state index contributed by atoms with van der Waals surface area (Å²) in [4.78, 5) is 10.2. The van der Waals surface area contributed by atoms with Crippen molar-refractivity contribution in [3.63, 3.8) is 0 Å². The first-order valence-corrected chi connectivity index (χ1v) is 6.93. The predicted octanol–water partition coefficient (Wildman–Crippen LogP) is 1.55. The number of oxime groups is 1. The molecule has 1 aromatic carbocycles. The maximum absolute atomic E-state index is 5.41. The van der Waals surface area contributed by atoms with Crippen LogP contribution in [0.25, 0.3) is 0 Å². The van der Waals surface area contributed by atoms with Crippen LogP contribution in [-0.2, 0) is 4.84 Å². The molecule has 1 aromatic rings. The standard InChI is InChI=1S/C14H20BN3O/c1-17-9-6-10-18(2)15(17)13-11-19-16-14(13)12-7-4-3-5-8-12/h3-5,7-8,13H,6,9-11H2,1-2H3. The Bertz CT molecular complexity index is 455. The molecule has 0 bridgehead atoms. The SMILES string of the molecule is CN1CCCN(C)B1C1CON=C1c1ccccc1. The van der Waals surface area contributed by atoms with Gasteiger partial charge in [-0.1, -0.05) is 35.5 Å². The molecular weight excluding hydrogens is 237 g/mol. The Kier molecular flexibility index (Phi) is 3.57. The molecule has 1 fully saturated rings. The van der Waals surface area contributed by atoms with Gasteiger partial charge in [0.25, 0.3) is 0 Å². The molecule has 1 saturated heterocycles. The summed E-state index contributed by atoms with van der Waals surface area (Å²) in [7, 11) is 4.39. The second-order valence-corrected chi connectivity index (χ2v) is 5.47. The molecule has 0 radical (unpaired) electrons. The maximum atomic E-state index is 5.41. The van der Waals surface area contributed by atoms with Gasteiger partial charge >= 0.3 is 6.98 Å². The molecule has 0 N–H and O–H groups in total. The molecule has 100 valence electrons. The molecule has 3 rings (SSSR count). The average Bonchev–Trinajstić information content (AvgIpc) is 2.89. The van der Waals surface area contributed by atoms with Gasteiger partial charge in [-0.3, -0.25) is 0 Å². The molecule has 2 aliphatic rings. The van der Waals surface area contributed by atoms with Crippen molar-refractivity contribution in [2.75, 3.05) is 33.8 Å². The van der Waals surface area contributed by atoms with Gasteiger partial charge in [-0.2, -0.15) is 0 Å². The zero-order chi connectivity index (χ0) is 13.2. The molecule has 0 amide bonds. The minimum absolute atomic E-state index is 0.331. The molecule has 2 aliphatic heterocycles. The fourth-order valence-corrected chi connectivity index (χ4v) is 3.22. The second-order valence-electron chi connectivity index (χ2n) is 5.47. The smallest absolute Gasteiger partial charge is 0.323 e. The van der Waals surface area contributed by atoms with Gasteiger partial charge in [-0.15, -0.1) is 0 Å². The van der Waals surface area contributed by atoms with Crippen LogP contribution < -0.4 is 0 Å². The van der Waals surface area contributed by atoms with Gasteiger partial charge in [0.2, 0.25) is 0 Å². The third kappa shape index (κ3) is 2.40. The van der Waals surface area contributed by atoms with E-state index >= 15 is 0 Å². The highest BCUT2D eigenvalue weighted by Gasteiger charge is 2.42. The largest absolute Gasteiger partial charge is 0.396 e. The number of hydrogen-bond acceptors (Lipinski definition) is 4. The van der Waals surface area contributed by atoms with Crippen LogP contribution in [0.1, 0.15) is 12.0 Å². The van der Waals surface area contributed by atoms with Gasteiger partial charge in [0.15, 0.2) is 0 Å². The number of nitrogens with zero attached hydrogens (tertiary/aromatic N) is 3. The fraction of sp³-hybridized carbons (Fsp3) is 0.500. The van der Waals surface area contributed by atoms with Crippen LogP contribution in [0.4, 0.5) is 0 Å². The van der Waals surface area contributed by atoms with E-state index in [2.05, 4.69) is 53.1 Å². The minimum atomic E-state index is 0.331. The Morgan fingerprint density at radius 3 is 2.53 bits per heavy atom. The molecule has 4 nitrogen and oxygen atoms in total. The van der Waals surface area contributed by atoms with E-state index in [1.165, 1.54) is 12.0 Å². The summed E-state index contributed by atoms with van der Waals surface area (Å²) in [5.41, 5.74) is 2.27. The van der Waals surface area contributed by atoms with Crippen LogP contribution in [0, 0.1) is 0 Å². The second kappa shape index (κ2) is 5.35. The summed E-state index contributed by atoms with van der Waals surface area (Å²) in [6, 6.07) is 10.4. The Morgan fingerprint density at radius 1 is 1.16 bits per heavy atom. The topological polar surface area (TPSA) is 28.1 Å². The first-order valence-electron chi connectivity index (χ1n) is 6.93. The Labute approximate surface area is 115 Å². The van der Waals surface area contributed by atoms with E-state index in [1.54, 1.807) is 0 Å². The monoisotopic (exact) mass is 257 g/mol. The van der Waals surface area contributed by atoms with Crippen molar-refractivity contribution in [3.05, 3.63) is 35.9 Å². The molecular formula is C14H20BN3O. The van der Waals surface area contributed by atoms with Crippen LogP contribution in [-0.4, -0.2) is 56.1 Å². The van der Waals surface area contributed by atoms with Crippen LogP contribution in [0.3, 0.4) is 0 Å². The maximum Gasteiger partial charge on any atom is 0.323 e. The van der Waals surface area contributed by atoms with E-state index in [0.29, 0.717) is 19.4 Å². The minimum Gasteiger partial charge on any atom is -0.396 e. The van der Waals surface area contributed by atoms with Crippen molar-refractivity contribution in [1.82, 2.24) is 9.62 Å². The van der Waals surface area contributed by atoms with E-state index < -0.39 is 0 Å². The molecule has 0 aliphatic carbocycles. The number of benzene rings is 1. The highest BCUT2D eigenvalue weighted by Crippen LogP contribution is 2.28. The fourth-order valence-electron chi connectivity index (χ4n) is 3.22. The Balaban J connectivity index is 1.86.